The number of nitrogens with two attached hydrogens (primary N) is 1. The van der Waals surface area contributed by atoms with Crippen LogP contribution in [0.3, 0.4) is 0 Å². The van der Waals surface area contributed by atoms with Gasteiger partial charge in [-0.3, -0.25) is 5.10 Å². The van der Waals surface area contributed by atoms with Gasteiger partial charge in [-0.25, -0.2) is 8.78 Å². The lowest BCUT2D eigenvalue weighted by molar-refractivity contribution is -0.140. The Kier molecular flexibility index (Phi) is 3.42. The van der Waals surface area contributed by atoms with Gasteiger partial charge in [0.1, 0.15) is 0 Å². The molecule has 1 aliphatic rings. The van der Waals surface area contributed by atoms with E-state index in [-0.39, 0.29) is 12.0 Å². The maximum Gasteiger partial charge on any atom is 0.365 e. The smallest absolute Gasteiger partial charge is 0.339 e. The minimum absolute atomic E-state index is 0.0113. The number of hydrogen-bond acceptors (Lipinski definition) is 4. The maximum absolute atomic E-state index is 13.0. The first-order valence-corrected chi connectivity index (χ1v) is 5.50. The summed E-state index contributed by atoms with van der Waals surface area (Å²) in [5, 5.41) is 5.42. The van der Waals surface area contributed by atoms with Gasteiger partial charge in [-0.05, 0) is 12.8 Å². The number of piperidine rings is 1. The van der Waals surface area contributed by atoms with E-state index in [9.17, 15) is 17.6 Å². The first-order chi connectivity index (χ1) is 8.41. The zero-order valence-corrected chi connectivity index (χ0v) is 9.41. The third-order valence-electron chi connectivity index (χ3n) is 2.89. The van der Waals surface area contributed by atoms with Gasteiger partial charge in [-0.2, -0.15) is 13.8 Å². The van der Waals surface area contributed by atoms with Crippen LogP contribution in [0.4, 0.5) is 23.5 Å². The molecule has 9 heteroatoms. The molecule has 1 aromatic rings. The van der Waals surface area contributed by atoms with Crippen LogP contribution < -0.4 is 10.6 Å². The van der Waals surface area contributed by atoms with Crippen molar-refractivity contribution in [3.63, 3.8) is 0 Å². The minimum Gasteiger partial charge on any atom is -0.339 e. The summed E-state index contributed by atoms with van der Waals surface area (Å²) in [7, 11) is 0. The number of nitrogens with one attached hydrogen (secondary N) is 1. The number of nitrogens with zero attached hydrogens (tertiary/aromatic N) is 3. The monoisotopic (exact) mass is 267 g/mol. The van der Waals surface area contributed by atoms with Crippen molar-refractivity contribution in [3.05, 3.63) is 5.82 Å². The molecule has 0 saturated carbocycles. The van der Waals surface area contributed by atoms with Gasteiger partial charge in [0.25, 0.3) is 0 Å². The molecule has 2 rings (SSSR count). The largest absolute Gasteiger partial charge is 0.365 e. The van der Waals surface area contributed by atoms with Crippen molar-refractivity contribution < 1.29 is 17.6 Å². The van der Waals surface area contributed by atoms with Gasteiger partial charge >= 0.3 is 12.3 Å². The lowest BCUT2D eigenvalue weighted by Gasteiger charge is -2.28. The van der Waals surface area contributed by atoms with E-state index in [0.29, 0.717) is 25.9 Å². The highest BCUT2D eigenvalue weighted by molar-refractivity contribution is 5.30. The second kappa shape index (κ2) is 4.71. The number of H-pyrrole nitrogens is 1. The van der Waals surface area contributed by atoms with E-state index in [1.54, 1.807) is 4.90 Å². The average Bonchev–Trinajstić information content (AvgIpc) is 2.79. The van der Waals surface area contributed by atoms with Gasteiger partial charge in [-0.1, -0.05) is 0 Å². The molecule has 18 heavy (non-hydrogen) atoms. The Morgan fingerprint density at radius 1 is 1.33 bits per heavy atom. The van der Waals surface area contributed by atoms with Crippen molar-refractivity contribution in [3.8, 4) is 0 Å². The van der Waals surface area contributed by atoms with Crippen LogP contribution in [0.1, 0.15) is 18.7 Å². The molecule has 0 bridgehead atoms. The normalized spacial score (nSPS) is 18.7. The molecule has 1 fully saturated rings. The average molecular weight is 267 g/mol. The molecule has 3 N–H and O–H groups in total. The number of rotatable bonds is 3. The Morgan fingerprint density at radius 2 is 1.94 bits per heavy atom. The predicted molar refractivity (Wildman–Crippen MR) is 55.7 cm³/mol. The Balaban J connectivity index is 2.11. The van der Waals surface area contributed by atoms with E-state index in [4.69, 9.17) is 5.73 Å². The minimum atomic E-state index is -4.31. The van der Waals surface area contributed by atoms with Crippen LogP contribution in [-0.2, 0) is 5.92 Å². The molecule has 0 spiro atoms. The number of halogens is 4. The Hall–Kier alpha value is -1.38. The van der Waals surface area contributed by atoms with E-state index in [1.807, 2.05) is 5.10 Å². The molecule has 102 valence electrons. The summed E-state index contributed by atoms with van der Waals surface area (Å²) >= 11 is 0. The molecule has 0 aromatic carbocycles. The summed E-state index contributed by atoms with van der Waals surface area (Å²) in [5.74, 6) is -5.41. The molecular formula is C9H13F4N5. The van der Waals surface area contributed by atoms with E-state index >= 15 is 0 Å². The van der Waals surface area contributed by atoms with Crippen LogP contribution in [-0.4, -0.2) is 40.7 Å². The number of alkyl halides is 4. The van der Waals surface area contributed by atoms with Crippen molar-refractivity contribution in [1.82, 2.24) is 15.2 Å². The zero-order chi connectivity index (χ0) is 13.3. The zero-order valence-electron chi connectivity index (χ0n) is 9.41. The second-order valence-corrected chi connectivity index (χ2v) is 4.23. The van der Waals surface area contributed by atoms with Gasteiger partial charge < -0.3 is 10.6 Å². The van der Waals surface area contributed by atoms with Crippen LogP contribution in [0, 0.1) is 0 Å². The lowest BCUT2D eigenvalue weighted by atomic mass is 10.1. The summed E-state index contributed by atoms with van der Waals surface area (Å²) in [5.41, 5.74) is 5.69. The SMILES string of the molecule is NC1CCN(c2n[nH]c(C(F)(F)C(F)F)n2)CC1. The highest BCUT2D eigenvalue weighted by Gasteiger charge is 2.46. The third-order valence-corrected chi connectivity index (χ3v) is 2.89. The van der Waals surface area contributed by atoms with Crippen molar-refractivity contribution in [2.24, 2.45) is 5.73 Å². The van der Waals surface area contributed by atoms with Crippen molar-refractivity contribution in [2.75, 3.05) is 18.0 Å². The van der Waals surface area contributed by atoms with E-state index in [2.05, 4.69) is 10.1 Å². The number of aromatic amines is 1. The lowest BCUT2D eigenvalue weighted by Crippen LogP contribution is -2.40. The molecule has 0 atom stereocenters. The number of hydrogen-bond donors (Lipinski definition) is 2. The standard InChI is InChI=1S/C9H13F4N5/c10-6(11)9(12,13)7-15-8(17-16-7)18-3-1-5(14)2-4-18/h5-6H,1-4,14H2,(H,15,16,17). The maximum atomic E-state index is 13.0. The Labute approximate surface area is 100 Å². The van der Waals surface area contributed by atoms with Gasteiger partial charge in [-0.15, -0.1) is 5.10 Å². The van der Waals surface area contributed by atoms with Crippen LogP contribution in [0.2, 0.25) is 0 Å². The first-order valence-electron chi connectivity index (χ1n) is 5.50. The molecule has 1 aromatic heterocycles. The van der Waals surface area contributed by atoms with E-state index in [0.717, 1.165) is 0 Å². The molecule has 1 aliphatic heterocycles. The van der Waals surface area contributed by atoms with Crippen molar-refractivity contribution in [1.29, 1.82) is 0 Å². The number of anilines is 1. The molecular weight excluding hydrogens is 254 g/mol. The van der Waals surface area contributed by atoms with Crippen LogP contribution >= 0.6 is 0 Å². The summed E-state index contributed by atoms with van der Waals surface area (Å²) in [6, 6.07) is 0.0715. The molecule has 0 unspecified atom stereocenters. The van der Waals surface area contributed by atoms with E-state index < -0.39 is 18.2 Å². The fraction of sp³-hybridized carbons (Fsp3) is 0.778. The van der Waals surface area contributed by atoms with Crippen LogP contribution in [0.25, 0.3) is 0 Å². The van der Waals surface area contributed by atoms with Crippen molar-refractivity contribution in [2.45, 2.75) is 31.2 Å². The summed E-state index contributed by atoms with van der Waals surface area (Å²) in [4.78, 5) is 5.08. The van der Waals surface area contributed by atoms with Crippen LogP contribution in [0.15, 0.2) is 0 Å². The topological polar surface area (TPSA) is 70.8 Å². The molecule has 0 radical (unpaired) electrons. The summed E-state index contributed by atoms with van der Waals surface area (Å²) in [6.07, 6.45) is -2.43. The first kappa shape index (κ1) is 13.1. The molecule has 1 saturated heterocycles. The van der Waals surface area contributed by atoms with Gasteiger partial charge in [0.2, 0.25) is 11.8 Å². The molecule has 5 nitrogen and oxygen atoms in total. The highest BCUT2D eigenvalue weighted by atomic mass is 19.3. The highest BCUT2D eigenvalue weighted by Crippen LogP contribution is 2.32. The van der Waals surface area contributed by atoms with Crippen LogP contribution in [0.5, 0.6) is 0 Å². The molecule has 0 amide bonds. The summed E-state index contributed by atoms with van der Waals surface area (Å²) < 4.78 is 50.3. The second-order valence-electron chi connectivity index (χ2n) is 4.23. The fourth-order valence-corrected chi connectivity index (χ4v) is 1.75. The van der Waals surface area contributed by atoms with Gasteiger partial charge in [0, 0.05) is 19.1 Å². The number of aromatic nitrogens is 3. The Bertz CT molecular complexity index is 399. The molecule has 2 heterocycles. The van der Waals surface area contributed by atoms with Crippen molar-refractivity contribution >= 4 is 5.95 Å². The summed E-state index contributed by atoms with van der Waals surface area (Å²) in [6.45, 7) is 1.05. The quantitative estimate of drug-likeness (QED) is 0.804. The third kappa shape index (κ3) is 2.40. The fourth-order valence-electron chi connectivity index (χ4n) is 1.75. The predicted octanol–water partition coefficient (Wildman–Crippen LogP) is 1.09. The Morgan fingerprint density at radius 3 is 2.50 bits per heavy atom. The molecule has 0 aliphatic carbocycles. The van der Waals surface area contributed by atoms with Gasteiger partial charge in [0.05, 0.1) is 0 Å². The van der Waals surface area contributed by atoms with E-state index in [1.165, 1.54) is 0 Å². The van der Waals surface area contributed by atoms with Gasteiger partial charge in [0.15, 0.2) is 0 Å².